The van der Waals surface area contributed by atoms with Crippen LogP contribution >= 0.6 is 0 Å². The third-order valence-corrected chi connectivity index (χ3v) is 2.80. The van der Waals surface area contributed by atoms with Crippen molar-refractivity contribution in [3.8, 4) is 0 Å². The predicted molar refractivity (Wildman–Crippen MR) is 57.2 cm³/mol. The Morgan fingerprint density at radius 2 is 2.12 bits per heavy atom. The van der Waals surface area contributed by atoms with Crippen molar-refractivity contribution in [3.63, 3.8) is 0 Å². The molecule has 0 amide bonds. The number of rotatable bonds is 6. The quantitative estimate of drug-likeness (QED) is 0.384. The Morgan fingerprint density at radius 1 is 1.38 bits per heavy atom. The zero-order valence-electron chi connectivity index (χ0n) is 10.2. The van der Waals surface area contributed by atoms with E-state index in [1.807, 2.05) is 6.92 Å². The van der Waals surface area contributed by atoms with Gasteiger partial charge < -0.3 is 19.4 Å². The molecule has 0 spiro atoms. The molecule has 6 nitrogen and oxygen atoms in total. The number of morpholine rings is 1. The first-order chi connectivity index (χ1) is 7.60. The average Bonchev–Trinajstić information content (AvgIpc) is 2.30. The molecule has 0 aromatic carbocycles. The Morgan fingerprint density at radius 3 is 2.69 bits per heavy atom. The molecule has 96 valence electrons. The molecule has 1 fully saturated rings. The molecule has 0 aromatic rings. The van der Waals surface area contributed by atoms with Crippen LogP contribution < -0.4 is 0 Å². The van der Waals surface area contributed by atoms with Crippen LogP contribution in [-0.4, -0.2) is 57.7 Å². The predicted octanol–water partition coefficient (Wildman–Crippen LogP) is 0.662. The number of ether oxygens (including phenoxy) is 3. The van der Waals surface area contributed by atoms with Crippen molar-refractivity contribution in [3.05, 3.63) is 5.21 Å². The minimum absolute atomic E-state index is 0.156. The van der Waals surface area contributed by atoms with E-state index in [-0.39, 0.29) is 6.54 Å². The molecule has 0 N–H and O–H groups in total. The highest BCUT2D eigenvalue weighted by Gasteiger charge is 2.43. The summed E-state index contributed by atoms with van der Waals surface area (Å²) in [6.07, 6.45) is 0.613. The van der Waals surface area contributed by atoms with Crippen molar-refractivity contribution >= 4 is 0 Å². The van der Waals surface area contributed by atoms with E-state index >= 15 is 0 Å². The fraction of sp³-hybridized carbons (Fsp3) is 1.00. The number of hydrogen-bond acceptors (Lipinski definition) is 5. The van der Waals surface area contributed by atoms with Crippen molar-refractivity contribution in [2.24, 2.45) is 0 Å². The third kappa shape index (κ3) is 3.38. The Bertz CT molecular complexity index is 215. The maximum absolute atomic E-state index is 12.0. The van der Waals surface area contributed by atoms with Gasteiger partial charge in [0, 0.05) is 13.5 Å². The summed E-state index contributed by atoms with van der Waals surface area (Å²) in [4.78, 5) is 4.21. The standard InChI is InChI=1S/C10H21NO5/c1-4-10(16-8-7-13-2)9-11(12,14-3)5-6-15-10/h4-9H2,1-3H3. The molecule has 0 radical (unpaired) electrons. The van der Waals surface area contributed by atoms with E-state index in [4.69, 9.17) is 19.0 Å². The second kappa shape index (κ2) is 5.90. The molecule has 16 heavy (non-hydrogen) atoms. The van der Waals surface area contributed by atoms with E-state index < -0.39 is 10.6 Å². The first-order valence-corrected chi connectivity index (χ1v) is 5.50. The molecule has 2 unspecified atom stereocenters. The van der Waals surface area contributed by atoms with Crippen LogP contribution in [0.25, 0.3) is 0 Å². The van der Waals surface area contributed by atoms with Gasteiger partial charge in [0.2, 0.25) is 5.79 Å². The van der Waals surface area contributed by atoms with Crippen molar-refractivity contribution in [1.29, 1.82) is 0 Å². The van der Waals surface area contributed by atoms with Crippen LogP contribution in [0.2, 0.25) is 0 Å². The first kappa shape index (κ1) is 13.8. The lowest BCUT2D eigenvalue weighted by molar-refractivity contribution is -1.08. The maximum Gasteiger partial charge on any atom is 0.222 e. The molecule has 6 heteroatoms. The Kier molecular flexibility index (Phi) is 5.10. The van der Waals surface area contributed by atoms with E-state index in [2.05, 4.69) is 0 Å². The summed E-state index contributed by atoms with van der Waals surface area (Å²) >= 11 is 0. The summed E-state index contributed by atoms with van der Waals surface area (Å²) in [5, 5.41) is 12.0. The highest BCUT2D eigenvalue weighted by atomic mass is 16.9. The van der Waals surface area contributed by atoms with Crippen molar-refractivity contribution < 1.29 is 23.9 Å². The third-order valence-electron chi connectivity index (χ3n) is 2.80. The summed E-state index contributed by atoms with van der Waals surface area (Å²) in [6, 6.07) is 0. The highest BCUT2D eigenvalue weighted by molar-refractivity contribution is 4.71. The van der Waals surface area contributed by atoms with Crippen molar-refractivity contribution in [1.82, 2.24) is 0 Å². The van der Waals surface area contributed by atoms with Crippen LogP contribution in [0.5, 0.6) is 0 Å². The normalized spacial score (nSPS) is 35.2. The van der Waals surface area contributed by atoms with Gasteiger partial charge in [0.15, 0.2) is 6.54 Å². The minimum atomic E-state index is -0.839. The van der Waals surface area contributed by atoms with Crippen LogP contribution in [0.1, 0.15) is 13.3 Å². The molecule has 0 aromatic heterocycles. The summed E-state index contributed by atoms with van der Waals surface area (Å²) in [7, 11) is 3.01. The van der Waals surface area contributed by atoms with E-state index in [1.54, 1.807) is 7.11 Å². The number of hydrogen-bond donors (Lipinski definition) is 0. The van der Waals surface area contributed by atoms with Gasteiger partial charge in [-0.1, -0.05) is 6.92 Å². The molecule has 0 saturated carbocycles. The summed E-state index contributed by atoms with van der Waals surface area (Å²) in [5.74, 6) is -0.839. The molecule has 1 aliphatic rings. The SMILES string of the molecule is CCC1(OCCOC)C[N+]([O-])(OC)CCO1. The van der Waals surface area contributed by atoms with Gasteiger partial charge in [-0.05, 0) is 0 Å². The number of hydroxylamine groups is 4. The number of quaternary nitrogens is 1. The Hall–Kier alpha value is -0.240. The fourth-order valence-electron chi connectivity index (χ4n) is 1.73. The van der Waals surface area contributed by atoms with Crippen LogP contribution in [0.4, 0.5) is 0 Å². The summed E-state index contributed by atoms with van der Waals surface area (Å²) in [6.45, 7) is 3.62. The van der Waals surface area contributed by atoms with Crippen LogP contribution in [0, 0.1) is 5.21 Å². The largest absolute Gasteiger partial charge is 0.598 e. The molecule has 1 rings (SSSR count). The first-order valence-electron chi connectivity index (χ1n) is 5.50. The monoisotopic (exact) mass is 235 g/mol. The smallest absolute Gasteiger partial charge is 0.222 e. The molecule has 1 aliphatic heterocycles. The van der Waals surface area contributed by atoms with Crippen LogP contribution in [-0.2, 0) is 19.0 Å². The molecular weight excluding hydrogens is 214 g/mol. The van der Waals surface area contributed by atoms with Gasteiger partial charge in [-0.15, -0.1) is 0 Å². The Balaban J connectivity index is 2.56. The molecule has 1 heterocycles. The molecule has 1 saturated heterocycles. The summed E-state index contributed by atoms with van der Waals surface area (Å²) < 4.78 is 16.1. The van der Waals surface area contributed by atoms with Gasteiger partial charge in [0.05, 0.1) is 20.3 Å². The van der Waals surface area contributed by atoms with E-state index in [0.29, 0.717) is 32.8 Å². The lowest BCUT2D eigenvalue weighted by Gasteiger charge is -2.48. The zero-order valence-corrected chi connectivity index (χ0v) is 10.2. The fourth-order valence-corrected chi connectivity index (χ4v) is 1.73. The van der Waals surface area contributed by atoms with Crippen LogP contribution in [0.3, 0.4) is 0 Å². The molecule has 0 bridgehead atoms. The molecule has 2 atom stereocenters. The van der Waals surface area contributed by atoms with E-state index in [0.717, 1.165) is 0 Å². The summed E-state index contributed by atoms with van der Waals surface area (Å²) in [5.41, 5.74) is 0. The molecular formula is C10H21NO5. The van der Waals surface area contributed by atoms with Gasteiger partial charge in [-0.3, -0.25) is 0 Å². The highest BCUT2D eigenvalue weighted by Crippen LogP contribution is 2.27. The second-order valence-electron chi connectivity index (χ2n) is 3.83. The van der Waals surface area contributed by atoms with Gasteiger partial charge in [0.25, 0.3) is 0 Å². The number of nitrogens with zero attached hydrogens (tertiary/aromatic N) is 1. The van der Waals surface area contributed by atoms with Gasteiger partial charge in [-0.2, -0.15) is 0 Å². The lowest BCUT2D eigenvalue weighted by Crippen LogP contribution is -2.60. The average molecular weight is 235 g/mol. The van der Waals surface area contributed by atoms with Crippen molar-refractivity contribution in [2.45, 2.75) is 19.1 Å². The van der Waals surface area contributed by atoms with Gasteiger partial charge >= 0.3 is 0 Å². The maximum atomic E-state index is 12.0. The van der Waals surface area contributed by atoms with E-state index in [1.165, 1.54) is 7.11 Å². The second-order valence-corrected chi connectivity index (χ2v) is 3.83. The van der Waals surface area contributed by atoms with Crippen molar-refractivity contribution in [2.75, 3.05) is 47.1 Å². The molecule has 0 aliphatic carbocycles. The Labute approximate surface area is 96.1 Å². The zero-order chi connectivity index (χ0) is 12.1. The van der Waals surface area contributed by atoms with Crippen LogP contribution in [0.15, 0.2) is 0 Å². The number of methoxy groups -OCH3 is 1. The van der Waals surface area contributed by atoms with E-state index in [9.17, 15) is 5.21 Å². The minimum Gasteiger partial charge on any atom is -0.598 e. The topological polar surface area (TPSA) is 60.0 Å². The van der Waals surface area contributed by atoms with Gasteiger partial charge in [-0.25, -0.2) is 9.65 Å². The lowest BCUT2D eigenvalue weighted by atomic mass is 10.2. The van der Waals surface area contributed by atoms with Gasteiger partial charge in [0.1, 0.15) is 13.2 Å².